The van der Waals surface area contributed by atoms with Crippen LogP contribution in [-0.2, 0) is 6.42 Å². The van der Waals surface area contributed by atoms with Crippen molar-refractivity contribution in [1.82, 2.24) is 4.90 Å². The third kappa shape index (κ3) is 5.08. The predicted molar refractivity (Wildman–Crippen MR) is 105 cm³/mol. The summed E-state index contributed by atoms with van der Waals surface area (Å²) in [5, 5.41) is 7.35. The van der Waals surface area contributed by atoms with Crippen molar-refractivity contribution in [3.8, 4) is 11.5 Å². The fourth-order valence-electron chi connectivity index (χ4n) is 4.52. The molecule has 1 aromatic rings. The maximum absolute atomic E-state index is 13.0. The zero-order chi connectivity index (χ0) is 20.7. The Labute approximate surface area is 170 Å². The number of aliphatic hydroxyl groups excluding tert-OH is 1. The quantitative estimate of drug-likeness (QED) is 0.710. The molecule has 0 aliphatic carbocycles. The molecule has 2 heterocycles. The van der Waals surface area contributed by atoms with Crippen molar-refractivity contribution >= 4 is 11.6 Å². The molecule has 28 heavy (non-hydrogen) atoms. The molecule has 4 nitrogen and oxygen atoms in total. The molecule has 3 rings (SSSR count). The van der Waals surface area contributed by atoms with E-state index < -0.39 is 12.0 Å². The Morgan fingerprint density at radius 1 is 1.25 bits per heavy atom. The summed E-state index contributed by atoms with van der Waals surface area (Å²) in [7, 11) is 1.49. The molecule has 2 aliphatic heterocycles. The Bertz CT molecular complexity index is 702. The number of halogens is 3. The minimum absolute atomic E-state index is 0.104. The molecule has 0 saturated carbocycles. The highest BCUT2D eigenvalue weighted by atomic mass is 35.5. The average Bonchev–Trinajstić information content (AvgIpc) is 2.58. The van der Waals surface area contributed by atoms with E-state index in [2.05, 4.69) is 25.7 Å². The SMILES string of the molecule is COc1cc2c(cc1OCC(F)(F)Cl)CCN1C[C@@H](CC(C)(C)C)[C@H](O)C[C@H]21. The van der Waals surface area contributed by atoms with Gasteiger partial charge in [-0.3, -0.25) is 4.90 Å². The van der Waals surface area contributed by atoms with Crippen molar-refractivity contribution in [2.24, 2.45) is 11.3 Å². The molecule has 7 heteroatoms. The second-order valence-electron chi connectivity index (χ2n) is 9.19. The largest absolute Gasteiger partial charge is 0.493 e. The summed E-state index contributed by atoms with van der Waals surface area (Å²) in [6, 6.07) is 3.75. The lowest BCUT2D eigenvalue weighted by Crippen LogP contribution is -2.48. The first-order valence-corrected chi connectivity index (χ1v) is 10.2. The molecule has 0 bridgehead atoms. The number of fused-ring (bicyclic) bond motifs is 3. The van der Waals surface area contributed by atoms with Gasteiger partial charge in [-0.1, -0.05) is 20.8 Å². The topological polar surface area (TPSA) is 41.9 Å². The van der Waals surface area contributed by atoms with Gasteiger partial charge >= 0.3 is 5.38 Å². The molecule has 1 aromatic carbocycles. The minimum atomic E-state index is -3.42. The van der Waals surface area contributed by atoms with Crippen LogP contribution >= 0.6 is 11.6 Å². The third-order valence-corrected chi connectivity index (χ3v) is 5.75. The monoisotopic (exact) mass is 417 g/mol. The number of piperidine rings is 1. The van der Waals surface area contributed by atoms with Gasteiger partial charge in [-0.05, 0) is 65.5 Å². The van der Waals surface area contributed by atoms with Gasteiger partial charge in [-0.15, -0.1) is 0 Å². The molecular formula is C21H30ClF2NO3. The maximum Gasteiger partial charge on any atom is 0.355 e. The first-order chi connectivity index (χ1) is 13.0. The number of alkyl halides is 3. The lowest BCUT2D eigenvalue weighted by molar-refractivity contribution is -0.0259. The van der Waals surface area contributed by atoms with Crippen LogP contribution in [0, 0.1) is 11.3 Å². The number of hydrogen-bond donors (Lipinski definition) is 1. The minimum Gasteiger partial charge on any atom is -0.493 e. The molecule has 0 spiro atoms. The maximum atomic E-state index is 13.0. The smallest absolute Gasteiger partial charge is 0.355 e. The van der Waals surface area contributed by atoms with E-state index in [0.29, 0.717) is 12.2 Å². The summed E-state index contributed by atoms with van der Waals surface area (Å²) in [4.78, 5) is 2.43. The molecule has 1 fully saturated rings. The molecular weight excluding hydrogens is 388 g/mol. The van der Waals surface area contributed by atoms with Crippen LogP contribution < -0.4 is 9.47 Å². The molecule has 2 aliphatic rings. The third-order valence-electron chi connectivity index (χ3n) is 5.64. The van der Waals surface area contributed by atoms with Crippen molar-refractivity contribution in [1.29, 1.82) is 0 Å². The van der Waals surface area contributed by atoms with E-state index >= 15 is 0 Å². The van der Waals surface area contributed by atoms with E-state index in [-0.39, 0.29) is 29.2 Å². The van der Waals surface area contributed by atoms with Crippen LogP contribution in [0.2, 0.25) is 0 Å². The van der Waals surface area contributed by atoms with Crippen LogP contribution in [0.3, 0.4) is 0 Å². The molecule has 0 unspecified atom stereocenters. The van der Waals surface area contributed by atoms with E-state index in [0.717, 1.165) is 37.1 Å². The van der Waals surface area contributed by atoms with E-state index in [9.17, 15) is 13.9 Å². The summed E-state index contributed by atoms with van der Waals surface area (Å²) >= 11 is 4.95. The Kier molecular flexibility index (Phi) is 6.14. The normalized spacial score (nSPS) is 25.8. The summed E-state index contributed by atoms with van der Waals surface area (Å²) < 4.78 is 36.5. The van der Waals surface area contributed by atoms with Crippen molar-refractivity contribution < 1.29 is 23.4 Å². The fourth-order valence-corrected chi connectivity index (χ4v) is 4.57. The second kappa shape index (κ2) is 7.96. The van der Waals surface area contributed by atoms with Gasteiger partial charge in [-0.25, -0.2) is 0 Å². The predicted octanol–water partition coefficient (Wildman–Crippen LogP) is 4.62. The Balaban J connectivity index is 1.82. The first kappa shape index (κ1) is 21.6. The standard InChI is InChI=1S/C21H30ClF2NO3/c1-20(2,3)10-14-11-25-6-5-13-7-19(28-12-21(22,23)24)18(27-4)8-15(13)16(25)9-17(14)26/h7-8,14,16-17,26H,5-6,9-12H2,1-4H3/t14-,16-,17-/m1/s1. The van der Waals surface area contributed by atoms with E-state index in [1.807, 2.05) is 6.07 Å². The molecule has 158 valence electrons. The number of hydrogen-bond acceptors (Lipinski definition) is 4. The average molecular weight is 418 g/mol. The number of benzene rings is 1. The molecule has 0 radical (unpaired) electrons. The van der Waals surface area contributed by atoms with Gasteiger partial charge < -0.3 is 14.6 Å². The lowest BCUT2D eigenvalue weighted by Gasteiger charge is -2.47. The van der Waals surface area contributed by atoms with Crippen LogP contribution in [-0.4, -0.2) is 48.3 Å². The number of methoxy groups -OCH3 is 1. The van der Waals surface area contributed by atoms with Crippen LogP contribution in [0.25, 0.3) is 0 Å². The van der Waals surface area contributed by atoms with Gasteiger partial charge in [0.05, 0.1) is 13.2 Å². The number of nitrogens with zero attached hydrogens (tertiary/aromatic N) is 1. The van der Waals surface area contributed by atoms with Crippen LogP contribution in [0.5, 0.6) is 11.5 Å². The first-order valence-electron chi connectivity index (χ1n) is 9.79. The Hall–Kier alpha value is -1.11. The highest BCUT2D eigenvalue weighted by Gasteiger charge is 2.40. The van der Waals surface area contributed by atoms with Crippen LogP contribution in [0.4, 0.5) is 8.78 Å². The van der Waals surface area contributed by atoms with Gasteiger partial charge in [0.25, 0.3) is 0 Å². The van der Waals surface area contributed by atoms with Gasteiger partial charge in [-0.2, -0.15) is 8.78 Å². The van der Waals surface area contributed by atoms with Crippen LogP contribution in [0.1, 0.15) is 50.8 Å². The summed E-state index contributed by atoms with van der Waals surface area (Å²) in [5.74, 6) is 0.943. The number of rotatable bonds is 5. The van der Waals surface area contributed by atoms with Crippen molar-refractivity contribution in [2.75, 3.05) is 26.8 Å². The Morgan fingerprint density at radius 3 is 2.57 bits per heavy atom. The highest BCUT2D eigenvalue weighted by Crippen LogP contribution is 2.44. The molecule has 0 amide bonds. The van der Waals surface area contributed by atoms with Gasteiger partial charge in [0, 0.05) is 19.1 Å². The lowest BCUT2D eigenvalue weighted by atomic mass is 9.75. The summed E-state index contributed by atoms with van der Waals surface area (Å²) in [6.45, 7) is 7.44. The molecule has 1 saturated heterocycles. The van der Waals surface area contributed by atoms with Gasteiger partial charge in [0.1, 0.15) is 0 Å². The number of aliphatic hydroxyl groups is 1. The van der Waals surface area contributed by atoms with E-state index in [1.54, 1.807) is 6.07 Å². The molecule has 0 aromatic heterocycles. The van der Waals surface area contributed by atoms with Gasteiger partial charge in [0.15, 0.2) is 18.1 Å². The highest BCUT2D eigenvalue weighted by molar-refractivity contribution is 6.21. The zero-order valence-corrected chi connectivity index (χ0v) is 17.7. The molecule has 1 N–H and O–H groups in total. The van der Waals surface area contributed by atoms with E-state index in [1.165, 1.54) is 7.11 Å². The fraction of sp³-hybridized carbons (Fsp3) is 0.714. The van der Waals surface area contributed by atoms with Gasteiger partial charge in [0.2, 0.25) is 0 Å². The Morgan fingerprint density at radius 2 is 1.96 bits per heavy atom. The molecule has 3 atom stereocenters. The number of ether oxygens (including phenoxy) is 2. The van der Waals surface area contributed by atoms with Crippen molar-refractivity contribution in [2.45, 2.75) is 57.6 Å². The summed E-state index contributed by atoms with van der Waals surface area (Å²) in [5.41, 5.74) is 2.31. The van der Waals surface area contributed by atoms with Crippen LogP contribution in [0.15, 0.2) is 12.1 Å². The van der Waals surface area contributed by atoms with Crippen molar-refractivity contribution in [3.63, 3.8) is 0 Å². The zero-order valence-electron chi connectivity index (χ0n) is 17.0. The summed E-state index contributed by atoms with van der Waals surface area (Å²) in [6.07, 6.45) is 2.09. The van der Waals surface area contributed by atoms with Crippen molar-refractivity contribution in [3.05, 3.63) is 23.3 Å². The second-order valence-corrected chi connectivity index (χ2v) is 9.75. The van der Waals surface area contributed by atoms with E-state index in [4.69, 9.17) is 21.1 Å².